The van der Waals surface area contributed by atoms with E-state index < -0.39 is 18.3 Å². The van der Waals surface area contributed by atoms with Crippen molar-refractivity contribution < 1.29 is 19.7 Å². The third-order valence-corrected chi connectivity index (χ3v) is 3.52. The molecule has 0 aliphatic carbocycles. The van der Waals surface area contributed by atoms with Gasteiger partial charge in [-0.15, -0.1) is 0 Å². The molecule has 0 bridgehead atoms. The maximum Gasteiger partial charge on any atom is 0.407 e. The van der Waals surface area contributed by atoms with Crippen molar-refractivity contribution in [3.05, 3.63) is 58.6 Å². The number of aliphatic hydroxyl groups excluding tert-OH is 2. The highest BCUT2D eigenvalue weighted by Gasteiger charge is 2.22. The van der Waals surface area contributed by atoms with Crippen LogP contribution in [0.5, 0.6) is 0 Å². The van der Waals surface area contributed by atoms with E-state index in [1.54, 1.807) is 6.92 Å². The Morgan fingerprint density at radius 3 is 2.71 bits per heavy atom. The Labute approximate surface area is 144 Å². The molecule has 2 atom stereocenters. The molecule has 2 aromatic rings. The zero-order chi connectivity index (χ0) is 17.5. The first-order valence-electron chi connectivity index (χ1n) is 7.27. The van der Waals surface area contributed by atoms with Crippen molar-refractivity contribution >= 4 is 17.7 Å². The molecule has 0 fully saturated rings. The van der Waals surface area contributed by atoms with E-state index in [-0.39, 0.29) is 18.4 Å². The van der Waals surface area contributed by atoms with Crippen molar-refractivity contribution in [1.29, 1.82) is 0 Å². The number of halogens is 1. The summed E-state index contributed by atoms with van der Waals surface area (Å²) in [4.78, 5) is 19.3. The lowest BCUT2D eigenvalue weighted by Crippen LogP contribution is -2.36. The molecular weight excluding hydrogens is 334 g/mol. The average Bonchev–Trinajstić information content (AvgIpc) is 2.58. The zero-order valence-electron chi connectivity index (χ0n) is 13.0. The van der Waals surface area contributed by atoms with Crippen LogP contribution in [-0.2, 0) is 11.3 Å². The Morgan fingerprint density at radius 2 is 2.04 bits per heavy atom. The van der Waals surface area contributed by atoms with Gasteiger partial charge in [-0.3, -0.25) is 0 Å². The largest absolute Gasteiger partial charge is 0.445 e. The van der Waals surface area contributed by atoms with E-state index in [9.17, 15) is 15.0 Å². The molecule has 0 saturated carbocycles. The lowest BCUT2D eigenvalue weighted by atomic mass is 10.1. The minimum absolute atomic E-state index is 0.0561. The molecule has 0 radical (unpaired) electrons. The van der Waals surface area contributed by atoms with Gasteiger partial charge in [0.05, 0.1) is 0 Å². The number of nitrogens with zero attached hydrogens (tertiary/aromatic N) is 2. The fourth-order valence-electron chi connectivity index (χ4n) is 2.02. The van der Waals surface area contributed by atoms with Gasteiger partial charge in [0.2, 0.25) is 5.28 Å². The van der Waals surface area contributed by atoms with E-state index in [0.29, 0.717) is 11.3 Å². The van der Waals surface area contributed by atoms with E-state index >= 15 is 0 Å². The molecular formula is C16H18ClN3O4. The summed E-state index contributed by atoms with van der Waals surface area (Å²) in [5.41, 5.74) is 1.64. The van der Waals surface area contributed by atoms with Gasteiger partial charge in [0, 0.05) is 24.0 Å². The monoisotopic (exact) mass is 351 g/mol. The highest BCUT2D eigenvalue weighted by molar-refractivity contribution is 6.28. The molecule has 0 saturated heterocycles. The number of amides is 1. The lowest BCUT2D eigenvalue weighted by molar-refractivity contribution is 0.0176. The Bertz CT molecular complexity index is 684. The quantitative estimate of drug-likeness (QED) is 0.685. The first-order chi connectivity index (χ1) is 11.5. The number of benzene rings is 1. The Balaban J connectivity index is 1.81. The normalized spacial score (nSPS) is 13.2. The van der Waals surface area contributed by atoms with E-state index in [2.05, 4.69) is 15.3 Å². The van der Waals surface area contributed by atoms with Crippen LogP contribution >= 0.6 is 11.6 Å². The van der Waals surface area contributed by atoms with Gasteiger partial charge in [-0.25, -0.2) is 14.8 Å². The predicted molar refractivity (Wildman–Crippen MR) is 87.4 cm³/mol. The van der Waals surface area contributed by atoms with Gasteiger partial charge < -0.3 is 20.3 Å². The van der Waals surface area contributed by atoms with Gasteiger partial charge >= 0.3 is 6.09 Å². The fraction of sp³-hybridized carbons (Fsp3) is 0.312. The molecule has 7 nitrogen and oxygen atoms in total. The standard InChI is InChI=1S/C16H18ClN3O4/c1-10-12(7-18-15(17)20-10)14(22)13(21)8-19-16(23)24-9-11-5-3-2-4-6-11/h2-7,13-14,21-22H,8-9H2,1H3,(H,19,23). The van der Waals surface area contributed by atoms with Gasteiger partial charge in [-0.05, 0) is 24.1 Å². The molecule has 1 amide bonds. The van der Waals surface area contributed by atoms with Crippen molar-refractivity contribution in [2.75, 3.05) is 6.54 Å². The Kier molecular flexibility index (Phi) is 6.48. The zero-order valence-corrected chi connectivity index (χ0v) is 13.8. The second-order valence-corrected chi connectivity index (χ2v) is 5.47. The second kappa shape index (κ2) is 8.58. The summed E-state index contributed by atoms with van der Waals surface area (Å²) in [6.45, 7) is 1.58. The molecule has 8 heteroatoms. The van der Waals surface area contributed by atoms with Gasteiger partial charge in [-0.2, -0.15) is 0 Å². The number of aliphatic hydroxyl groups is 2. The number of aryl methyl sites for hydroxylation is 1. The van der Waals surface area contributed by atoms with Crippen LogP contribution in [0.4, 0.5) is 4.79 Å². The van der Waals surface area contributed by atoms with Crippen LogP contribution in [0, 0.1) is 6.92 Å². The number of carbonyl (C=O) groups is 1. The Morgan fingerprint density at radius 1 is 1.33 bits per heavy atom. The van der Waals surface area contributed by atoms with Crippen molar-refractivity contribution in [3.63, 3.8) is 0 Å². The van der Waals surface area contributed by atoms with E-state index in [1.807, 2.05) is 30.3 Å². The van der Waals surface area contributed by atoms with Crippen molar-refractivity contribution in [2.45, 2.75) is 25.7 Å². The third kappa shape index (κ3) is 5.16. The number of aromatic nitrogens is 2. The maximum atomic E-state index is 11.6. The van der Waals surface area contributed by atoms with Crippen molar-refractivity contribution in [3.8, 4) is 0 Å². The van der Waals surface area contributed by atoms with Gasteiger partial charge in [0.15, 0.2) is 0 Å². The molecule has 128 valence electrons. The summed E-state index contributed by atoms with van der Waals surface area (Å²) in [6, 6.07) is 9.20. The first-order valence-corrected chi connectivity index (χ1v) is 7.65. The van der Waals surface area contributed by atoms with Gasteiger partial charge in [0.1, 0.15) is 18.8 Å². The number of hydrogen-bond donors (Lipinski definition) is 3. The molecule has 3 N–H and O–H groups in total. The summed E-state index contributed by atoms with van der Waals surface area (Å²) in [5, 5.41) is 22.6. The first kappa shape index (κ1) is 18.1. The predicted octanol–water partition coefficient (Wildman–Crippen LogP) is 1.76. The van der Waals surface area contributed by atoms with E-state index in [0.717, 1.165) is 5.56 Å². The van der Waals surface area contributed by atoms with Crippen molar-refractivity contribution in [1.82, 2.24) is 15.3 Å². The minimum Gasteiger partial charge on any atom is -0.445 e. The molecule has 0 aliphatic rings. The molecule has 2 unspecified atom stereocenters. The number of carbonyl (C=O) groups excluding carboxylic acids is 1. The third-order valence-electron chi connectivity index (χ3n) is 3.34. The number of ether oxygens (including phenoxy) is 1. The molecule has 2 rings (SSSR count). The molecule has 1 aromatic heterocycles. The maximum absolute atomic E-state index is 11.6. The summed E-state index contributed by atoms with van der Waals surface area (Å²) in [7, 11) is 0. The van der Waals surface area contributed by atoms with Crippen LogP contribution in [0.1, 0.15) is 22.9 Å². The SMILES string of the molecule is Cc1nc(Cl)ncc1C(O)C(O)CNC(=O)OCc1ccccc1. The summed E-state index contributed by atoms with van der Waals surface area (Å²) in [5.74, 6) is 0. The van der Waals surface area contributed by atoms with Crippen molar-refractivity contribution in [2.24, 2.45) is 0 Å². The molecule has 1 aromatic carbocycles. The molecule has 0 spiro atoms. The molecule has 1 heterocycles. The lowest BCUT2D eigenvalue weighted by Gasteiger charge is -2.19. The van der Waals surface area contributed by atoms with Gasteiger partial charge in [0.25, 0.3) is 0 Å². The summed E-state index contributed by atoms with van der Waals surface area (Å²) >= 11 is 5.65. The van der Waals surface area contributed by atoms with Gasteiger partial charge in [-0.1, -0.05) is 30.3 Å². The highest BCUT2D eigenvalue weighted by Crippen LogP contribution is 2.19. The van der Waals surface area contributed by atoms with Crippen LogP contribution in [0.3, 0.4) is 0 Å². The van der Waals surface area contributed by atoms with Crippen LogP contribution in [0.25, 0.3) is 0 Å². The average molecular weight is 352 g/mol. The molecule has 24 heavy (non-hydrogen) atoms. The minimum atomic E-state index is -1.25. The Hall–Kier alpha value is -2.22. The fourth-order valence-corrected chi connectivity index (χ4v) is 2.19. The van der Waals surface area contributed by atoms with E-state index in [1.165, 1.54) is 6.20 Å². The molecule has 0 aliphatic heterocycles. The second-order valence-electron chi connectivity index (χ2n) is 5.13. The van der Waals surface area contributed by atoms with Crippen LogP contribution in [0.2, 0.25) is 5.28 Å². The smallest absolute Gasteiger partial charge is 0.407 e. The number of hydrogen-bond acceptors (Lipinski definition) is 6. The van der Waals surface area contributed by atoms with Crippen LogP contribution in [-0.4, -0.2) is 38.9 Å². The number of alkyl carbamates (subject to hydrolysis) is 1. The van der Waals surface area contributed by atoms with E-state index in [4.69, 9.17) is 16.3 Å². The summed E-state index contributed by atoms with van der Waals surface area (Å²) < 4.78 is 5.02. The van der Waals surface area contributed by atoms with Crippen LogP contribution in [0.15, 0.2) is 36.5 Å². The highest BCUT2D eigenvalue weighted by atomic mass is 35.5. The topological polar surface area (TPSA) is 105 Å². The van der Waals surface area contributed by atoms with Crippen LogP contribution < -0.4 is 5.32 Å². The number of nitrogens with one attached hydrogen (secondary N) is 1. The number of rotatable bonds is 6. The summed E-state index contributed by atoms with van der Waals surface area (Å²) in [6.07, 6.45) is -1.84.